The fourth-order valence-corrected chi connectivity index (χ4v) is 2.65. The lowest BCUT2D eigenvalue weighted by molar-refractivity contribution is -0.201. The fraction of sp³-hybridized carbons (Fsp3) is 0.375. The molecular weight excluding hydrogens is 305 g/mol. The highest BCUT2D eigenvalue weighted by molar-refractivity contribution is 6.08. The topological polar surface area (TPSA) is 31.7 Å². The summed E-state index contributed by atoms with van der Waals surface area (Å²) in [6.07, 6.45) is 1.51. The zero-order valence-electron chi connectivity index (χ0n) is 12.9. The first-order chi connectivity index (χ1) is 10.9. The van der Waals surface area contributed by atoms with Crippen LogP contribution in [0.1, 0.15) is 26.0 Å². The number of rotatable bonds is 3. The Morgan fingerprint density at radius 3 is 2.70 bits per heavy atom. The molecule has 0 saturated heterocycles. The highest BCUT2D eigenvalue weighted by Crippen LogP contribution is 2.35. The van der Waals surface area contributed by atoms with Crippen LogP contribution in [0.2, 0.25) is 0 Å². The third-order valence-corrected chi connectivity index (χ3v) is 3.96. The molecule has 23 heavy (non-hydrogen) atoms. The van der Waals surface area contributed by atoms with Crippen LogP contribution in [0.5, 0.6) is 0 Å². The standard InChI is InChI=1S/C16H17F3N4/c1-3-12-10-14(13-6-4-5-8-20-13)21-15-7-9-22(23(12)15)11(2)16(17,18)19/h4-8,10-11H,3,9H2,1-2H3. The molecule has 3 rings (SSSR count). The van der Waals surface area contributed by atoms with Gasteiger partial charge in [0.2, 0.25) is 0 Å². The second-order valence-corrected chi connectivity index (χ2v) is 5.42. The smallest absolute Gasteiger partial charge is 0.260 e. The number of hydrogen-bond acceptors (Lipinski definition) is 4. The summed E-state index contributed by atoms with van der Waals surface area (Å²) in [4.78, 5) is 8.75. The molecule has 0 aromatic carbocycles. The van der Waals surface area contributed by atoms with Gasteiger partial charge in [-0.25, -0.2) is 4.99 Å². The number of allylic oxidation sites excluding steroid dienone is 2. The van der Waals surface area contributed by atoms with Gasteiger partial charge in [0.05, 0.1) is 11.4 Å². The number of hydrazine groups is 1. The molecule has 1 atom stereocenters. The molecule has 0 amide bonds. The van der Waals surface area contributed by atoms with E-state index in [4.69, 9.17) is 0 Å². The van der Waals surface area contributed by atoms with Crippen molar-refractivity contribution in [2.75, 3.05) is 6.54 Å². The molecule has 122 valence electrons. The molecule has 2 aliphatic rings. The molecule has 0 bridgehead atoms. The summed E-state index contributed by atoms with van der Waals surface area (Å²) in [6, 6.07) is 3.94. The van der Waals surface area contributed by atoms with Gasteiger partial charge in [0, 0.05) is 18.4 Å². The maximum Gasteiger partial charge on any atom is 0.405 e. The highest BCUT2D eigenvalue weighted by Gasteiger charge is 2.45. The predicted molar refractivity (Wildman–Crippen MR) is 81.3 cm³/mol. The van der Waals surface area contributed by atoms with E-state index in [9.17, 15) is 13.2 Å². The van der Waals surface area contributed by atoms with Crippen LogP contribution in [0.3, 0.4) is 0 Å². The van der Waals surface area contributed by atoms with E-state index in [1.807, 2.05) is 25.1 Å². The maximum absolute atomic E-state index is 13.1. The summed E-state index contributed by atoms with van der Waals surface area (Å²) in [5.41, 5.74) is 2.16. The first kappa shape index (κ1) is 15.7. The van der Waals surface area contributed by atoms with Gasteiger partial charge in [-0.05, 0) is 37.6 Å². The molecule has 0 saturated carbocycles. The zero-order valence-corrected chi connectivity index (χ0v) is 12.9. The maximum atomic E-state index is 13.1. The van der Waals surface area contributed by atoms with Gasteiger partial charge in [-0.1, -0.05) is 13.0 Å². The lowest BCUT2D eigenvalue weighted by Crippen LogP contribution is -2.50. The van der Waals surface area contributed by atoms with Crippen molar-refractivity contribution in [2.45, 2.75) is 32.5 Å². The fourth-order valence-electron chi connectivity index (χ4n) is 2.65. The monoisotopic (exact) mass is 322 g/mol. The summed E-state index contributed by atoms with van der Waals surface area (Å²) < 4.78 is 39.2. The Bertz CT molecular complexity index is 676. The zero-order chi connectivity index (χ0) is 16.6. The van der Waals surface area contributed by atoms with Gasteiger partial charge in [-0.2, -0.15) is 18.2 Å². The minimum Gasteiger partial charge on any atom is -0.260 e. The van der Waals surface area contributed by atoms with E-state index in [2.05, 4.69) is 9.98 Å². The Labute approximate surface area is 132 Å². The molecule has 4 nitrogen and oxygen atoms in total. The van der Waals surface area contributed by atoms with E-state index in [0.717, 1.165) is 5.70 Å². The third kappa shape index (κ3) is 2.88. The van der Waals surface area contributed by atoms with Gasteiger partial charge in [-0.15, -0.1) is 0 Å². The minimum absolute atomic E-state index is 0.187. The average molecular weight is 322 g/mol. The molecule has 0 radical (unpaired) electrons. The van der Waals surface area contributed by atoms with Gasteiger partial charge >= 0.3 is 6.18 Å². The van der Waals surface area contributed by atoms with Crippen molar-refractivity contribution in [2.24, 2.45) is 4.99 Å². The molecule has 7 heteroatoms. The van der Waals surface area contributed by atoms with Crippen molar-refractivity contribution >= 4 is 5.71 Å². The Kier molecular flexibility index (Phi) is 3.97. The SMILES string of the molecule is CCC1=CC(c2ccccn2)=NC2=CCN(C(C)C(F)(F)F)N12. The van der Waals surface area contributed by atoms with Crippen LogP contribution in [0.15, 0.2) is 53.1 Å². The molecule has 2 aliphatic heterocycles. The van der Waals surface area contributed by atoms with Gasteiger partial charge in [0.15, 0.2) is 0 Å². The number of aliphatic imine (C=N–C) groups is 1. The average Bonchev–Trinajstić information content (AvgIpc) is 2.97. The van der Waals surface area contributed by atoms with Crippen LogP contribution >= 0.6 is 0 Å². The quantitative estimate of drug-likeness (QED) is 0.853. The van der Waals surface area contributed by atoms with Crippen LogP contribution < -0.4 is 0 Å². The Hall–Kier alpha value is -2.15. The van der Waals surface area contributed by atoms with Crippen molar-refractivity contribution in [3.63, 3.8) is 0 Å². The van der Waals surface area contributed by atoms with E-state index in [1.165, 1.54) is 11.9 Å². The van der Waals surface area contributed by atoms with Crippen molar-refractivity contribution in [3.05, 3.63) is 53.8 Å². The van der Waals surface area contributed by atoms with Crippen molar-refractivity contribution in [3.8, 4) is 0 Å². The van der Waals surface area contributed by atoms with E-state index in [-0.39, 0.29) is 6.54 Å². The van der Waals surface area contributed by atoms with Gasteiger partial charge < -0.3 is 0 Å². The van der Waals surface area contributed by atoms with Crippen molar-refractivity contribution < 1.29 is 13.2 Å². The molecule has 3 heterocycles. The first-order valence-electron chi connectivity index (χ1n) is 7.46. The summed E-state index contributed by atoms with van der Waals surface area (Å²) in [5, 5.41) is 2.87. The van der Waals surface area contributed by atoms with E-state index in [1.54, 1.807) is 23.4 Å². The summed E-state index contributed by atoms with van der Waals surface area (Å²) in [5.74, 6) is 0.529. The van der Waals surface area contributed by atoms with E-state index >= 15 is 0 Å². The number of nitrogens with zero attached hydrogens (tertiary/aromatic N) is 4. The molecule has 0 N–H and O–H groups in total. The lowest BCUT2D eigenvalue weighted by atomic mass is 10.1. The first-order valence-corrected chi connectivity index (χ1v) is 7.46. The predicted octanol–water partition coefficient (Wildman–Crippen LogP) is 3.50. The molecule has 0 spiro atoms. The van der Waals surface area contributed by atoms with Crippen molar-refractivity contribution in [1.29, 1.82) is 0 Å². The van der Waals surface area contributed by atoms with Gasteiger partial charge in [-0.3, -0.25) is 9.99 Å². The number of alkyl halides is 3. The summed E-state index contributed by atoms with van der Waals surface area (Å²) in [7, 11) is 0. The number of fused-ring (bicyclic) bond motifs is 1. The van der Waals surface area contributed by atoms with Gasteiger partial charge in [0.1, 0.15) is 11.9 Å². The second-order valence-electron chi connectivity index (χ2n) is 5.42. The van der Waals surface area contributed by atoms with Crippen LogP contribution in [-0.4, -0.2) is 39.5 Å². The normalized spacial score (nSPS) is 19.9. The number of hydrogen-bond donors (Lipinski definition) is 0. The third-order valence-electron chi connectivity index (χ3n) is 3.96. The minimum atomic E-state index is -4.28. The molecule has 0 aliphatic carbocycles. The van der Waals surface area contributed by atoms with Crippen molar-refractivity contribution in [1.82, 2.24) is 15.0 Å². The Balaban J connectivity index is 1.94. The molecular formula is C16H17F3N4. The molecule has 1 unspecified atom stereocenters. The van der Waals surface area contributed by atoms with Crippen LogP contribution in [0.25, 0.3) is 0 Å². The van der Waals surface area contributed by atoms with Crippen LogP contribution in [0.4, 0.5) is 13.2 Å². The summed E-state index contributed by atoms with van der Waals surface area (Å²) in [6.45, 7) is 3.27. The number of pyridine rings is 1. The number of halogens is 3. The van der Waals surface area contributed by atoms with Crippen LogP contribution in [0, 0.1) is 0 Å². The Morgan fingerprint density at radius 2 is 2.09 bits per heavy atom. The Morgan fingerprint density at radius 1 is 1.30 bits per heavy atom. The largest absolute Gasteiger partial charge is 0.405 e. The lowest BCUT2D eigenvalue weighted by Gasteiger charge is -2.38. The molecule has 1 aromatic rings. The molecule has 0 fully saturated rings. The van der Waals surface area contributed by atoms with Gasteiger partial charge in [0.25, 0.3) is 0 Å². The van der Waals surface area contributed by atoms with E-state index in [0.29, 0.717) is 23.6 Å². The number of aromatic nitrogens is 1. The van der Waals surface area contributed by atoms with Crippen LogP contribution in [-0.2, 0) is 0 Å². The van der Waals surface area contributed by atoms with E-state index < -0.39 is 12.2 Å². The summed E-state index contributed by atoms with van der Waals surface area (Å²) >= 11 is 0. The molecule has 1 aromatic heterocycles. The second kappa shape index (κ2) is 5.81. The highest BCUT2D eigenvalue weighted by atomic mass is 19.4.